The molecule has 1 aliphatic heterocycles. The summed E-state index contributed by atoms with van der Waals surface area (Å²) in [4.78, 5) is 0.299. The third-order valence-electron chi connectivity index (χ3n) is 6.45. The predicted molar refractivity (Wildman–Crippen MR) is 126 cm³/mol. The number of hydrogen-bond acceptors (Lipinski definition) is 4. The topological polar surface area (TPSA) is 78.4 Å². The van der Waals surface area contributed by atoms with E-state index in [9.17, 15) is 13.5 Å². The van der Waals surface area contributed by atoms with E-state index in [2.05, 4.69) is 22.2 Å². The van der Waals surface area contributed by atoms with Crippen LogP contribution in [0.25, 0.3) is 0 Å². The van der Waals surface area contributed by atoms with E-state index < -0.39 is 10.0 Å². The smallest absolute Gasteiger partial charge is 0.240 e. The number of fused-ring (bicyclic) bond motifs is 3. The fourth-order valence-electron chi connectivity index (χ4n) is 4.81. The van der Waals surface area contributed by atoms with Gasteiger partial charge in [-0.2, -0.15) is 0 Å². The van der Waals surface area contributed by atoms with Gasteiger partial charge in [-0.3, -0.25) is 0 Å². The fourth-order valence-corrected chi connectivity index (χ4v) is 5.88. The summed E-state index contributed by atoms with van der Waals surface area (Å²) < 4.78 is 28.6. The first-order chi connectivity index (χ1) is 15.5. The van der Waals surface area contributed by atoms with Crippen LogP contribution in [0.4, 0.5) is 5.69 Å². The van der Waals surface area contributed by atoms with Gasteiger partial charge in [0.05, 0.1) is 10.9 Å². The monoisotopic (exact) mass is 446 g/mol. The maximum atomic E-state index is 12.9. The van der Waals surface area contributed by atoms with Gasteiger partial charge in [-0.15, -0.1) is 0 Å². The molecule has 0 spiro atoms. The first-order valence-corrected chi connectivity index (χ1v) is 12.4. The van der Waals surface area contributed by atoms with E-state index in [1.807, 2.05) is 54.6 Å². The molecule has 3 N–H and O–H groups in total. The highest BCUT2D eigenvalue weighted by molar-refractivity contribution is 7.89. The van der Waals surface area contributed by atoms with Crippen LogP contribution < -0.4 is 10.0 Å². The van der Waals surface area contributed by atoms with Gasteiger partial charge in [-0.1, -0.05) is 54.6 Å². The summed E-state index contributed by atoms with van der Waals surface area (Å²) >= 11 is 0. The summed E-state index contributed by atoms with van der Waals surface area (Å²) in [5.74, 6) is 0.709. The van der Waals surface area contributed by atoms with Crippen molar-refractivity contribution < 1.29 is 13.5 Å². The quantitative estimate of drug-likeness (QED) is 0.478. The van der Waals surface area contributed by atoms with Crippen molar-refractivity contribution in [3.63, 3.8) is 0 Å². The Morgan fingerprint density at radius 2 is 1.78 bits per heavy atom. The number of anilines is 1. The Bertz CT molecular complexity index is 1240. The molecule has 0 saturated heterocycles. The SMILES string of the molecule is O=S(=O)(NCCc1ccccc1)c1ccc2c(c1)C1C=CCC1C(c1ccc(O)cc1)N2. The van der Waals surface area contributed by atoms with Gasteiger partial charge in [0.1, 0.15) is 5.75 Å². The number of allylic oxidation sites excluding steroid dienone is 2. The van der Waals surface area contributed by atoms with Gasteiger partial charge in [-0.05, 0) is 65.8 Å². The molecule has 5 nitrogen and oxygen atoms in total. The van der Waals surface area contributed by atoms with E-state index in [0.717, 1.165) is 28.8 Å². The lowest BCUT2D eigenvalue weighted by Crippen LogP contribution is -2.30. The van der Waals surface area contributed by atoms with Gasteiger partial charge in [0, 0.05) is 18.2 Å². The number of rotatable bonds is 6. The van der Waals surface area contributed by atoms with Crippen molar-refractivity contribution in [2.75, 3.05) is 11.9 Å². The Kier molecular flexibility index (Phi) is 5.49. The molecule has 3 aromatic rings. The Balaban J connectivity index is 1.38. The van der Waals surface area contributed by atoms with Crippen LogP contribution in [0.2, 0.25) is 0 Å². The first kappa shape index (κ1) is 20.8. The molecule has 0 radical (unpaired) electrons. The van der Waals surface area contributed by atoms with Crippen LogP contribution in [0.5, 0.6) is 5.75 Å². The lowest BCUT2D eigenvalue weighted by Gasteiger charge is -2.37. The molecule has 0 bridgehead atoms. The van der Waals surface area contributed by atoms with Crippen LogP contribution in [-0.2, 0) is 16.4 Å². The summed E-state index contributed by atoms with van der Waals surface area (Å²) in [6.07, 6.45) is 5.94. The number of hydrogen-bond donors (Lipinski definition) is 3. The van der Waals surface area contributed by atoms with Crippen LogP contribution in [0, 0.1) is 5.92 Å². The minimum Gasteiger partial charge on any atom is -0.508 e. The molecule has 3 unspecified atom stereocenters. The molecule has 0 amide bonds. The summed E-state index contributed by atoms with van der Waals surface area (Å²) in [7, 11) is -3.59. The molecular weight excluding hydrogens is 420 g/mol. The highest BCUT2D eigenvalue weighted by Crippen LogP contribution is 2.50. The van der Waals surface area contributed by atoms with E-state index in [1.165, 1.54) is 0 Å². The minimum absolute atomic E-state index is 0.106. The van der Waals surface area contributed by atoms with Crippen LogP contribution in [-0.4, -0.2) is 20.1 Å². The lowest BCUT2D eigenvalue weighted by atomic mass is 9.77. The molecule has 1 heterocycles. The van der Waals surface area contributed by atoms with E-state index in [1.54, 1.807) is 18.2 Å². The van der Waals surface area contributed by atoms with Gasteiger partial charge in [0.25, 0.3) is 0 Å². The van der Waals surface area contributed by atoms with Gasteiger partial charge in [0.15, 0.2) is 0 Å². The number of phenols is 1. The maximum Gasteiger partial charge on any atom is 0.240 e. The molecule has 3 aromatic carbocycles. The third kappa shape index (κ3) is 4.04. The molecule has 0 aromatic heterocycles. The normalized spacial score (nSPS) is 21.6. The fraction of sp³-hybridized carbons (Fsp3) is 0.231. The van der Waals surface area contributed by atoms with E-state index >= 15 is 0 Å². The largest absolute Gasteiger partial charge is 0.508 e. The Labute approximate surface area is 188 Å². The van der Waals surface area contributed by atoms with Gasteiger partial charge in [0.2, 0.25) is 10.0 Å². The van der Waals surface area contributed by atoms with Crippen LogP contribution >= 0.6 is 0 Å². The van der Waals surface area contributed by atoms with Crippen molar-refractivity contribution in [2.45, 2.75) is 29.7 Å². The Morgan fingerprint density at radius 1 is 1.00 bits per heavy atom. The second-order valence-electron chi connectivity index (χ2n) is 8.45. The Morgan fingerprint density at radius 3 is 2.56 bits per heavy atom. The molecule has 5 rings (SSSR count). The van der Waals surface area contributed by atoms with Crippen molar-refractivity contribution in [1.29, 1.82) is 0 Å². The van der Waals surface area contributed by atoms with Crippen molar-refractivity contribution in [1.82, 2.24) is 4.72 Å². The minimum atomic E-state index is -3.59. The molecule has 1 aliphatic carbocycles. The second-order valence-corrected chi connectivity index (χ2v) is 10.2. The molecule has 3 atom stereocenters. The van der Waals surface area contributed by atoms with E-state index in [4.69, 9.17) is 0 Å². The van der Waals surface area contributed by atoms with Crippen molar-refractivity contribution in [3.05, 3.63) is 102 Å². The second kappa shape index (κ2) is 8.45. The zero-order chi connectivity index (χ0) is 22.1. The van der Waals surface area contributed by atoms with Crippen LogP contribution in [0.3, 0.4) is 0 Å². The number of phenolic OH excluding ortho intramolecular Hbond substituents is 1. The van der Waals surface area contributed by atoms with E-state index in [0.29, 0.717) is 23.8 Å². The number of nitrogens with one attached hydrogen (secondary N) is 2. The standard InChI is InChI=1S/C26H26N2O3S/c29-20-11-9-19(10-12-20)26-23-8-4-7-22(23)24-17-21(13-14-25(24)28-26)32(30,31)27-16-15-18-5-2-1-3-6-18/h1-7,9-14,17,22-23,26-29H,8,15-16H2. The van der Waals surface area contributed by atoms with Gasteiger partial charge < -0.3 is 10.4 Å². The number of sulfonamides is 1. The predicted octanol–water partition coefficient (Wildman–Crippen LogP) is 4.74. The molecular formula is C26H26N2O3S. The summed E-state index contributed by atoms with van der Waals surface area (Å²) in [5, 5.41) is 13.2. The highest BCUT2D eigenvalue weighted by atomic mass is 32.2. The molecule has 164 valence electrons. The van der Waals surface area contributed by atoms with Crippen molar-refractivity contribution >= 4 is 15.7 Å². The molecule has 0 saturated carbocycles. The maximum absolute atomic E-state index is 12.9. The summed E-state index contributed by atoms with van der Waals surface area (Å²) in [6.45, 7) is 0.358. The number of benzene rings is 3. The first-order valence-electron chi connectivity index (χ1n) is 10.9. The summed E-state index contributed by atoms with van der Waals surface area (Å²) in [5.41, 5.74) is 4.19. The van der Waals surface area contributed by atoms with Crippen LogP contribution in [0.15, 0.2) is 89.8 Å². The molecule has 0 fully saturated rings. The summed E-state index contributed by atoms with van der Waals surface area (Å²) in [6, 6.07) is 22.6. The van der Waals surface area contributed by atoms with Gasteiger partial charge in [-0.25, -0.2) is 13.1 Å². The molecule has 32 heavy (non-hydrogen) atoms. The third-order valence-corrected chi connectivity index (χ3v) is 7.90. The van der Waals surface area contributed by atoms with Gasteiger partial charge >= 0.3 is 0 Å². The zero-order valence-corrected chi connectivity index (χ0v) is 18.4. The number of aromatic hydroxyl groups is 1. The van der Waals surface area contributed by atoms with Crippen molar-refractivity contribution in [2.24, 2.45) is 5.92 Å². The molecule has 2 aliphatic rings. The highest BCUT2D eigenvalue weighted by Gasteiger charge is 2.38. The zero-order valence-electron chi connectivity index (χ0n) is 17.6. The van der Waals surface area contributed by atoms with Crippen molar-refractivity contribution in [3.8, 4) is 5.75 Å². The average Bonchev–Trinajstić information content (AvgIpc) is 3.30. The van der Waals surface area contributed by atoms with E-state index in [-0.39, 0.29) is 17.7 Å². The Hall–Kier alpha value is -3.09. The average molecular weight is 447 g/mol. The lowest BCUT2D eigenvalue weighted by molar-refractivity contribution is 0.424. The van der Waals surface area contributed by atoms with Crippen LogP contribution in [0.1, 0.15) is 35.1 Å². The molecule has 6 heteroatoms.